The molecule has 1 unspecified atom stereocenters. The van der Waals surface area contributed by atoms with Crippen molar-refractivity contribution in [1.29, 1.82) is 5.26 Å². The van der Waals surface area contributed by atoms with E-state index in [-0.39, 0.29) is 27.1 Å². The number of fused-ring (bicyclic) bond motifs is 1. The van der Waals surface area contributed by atoms with Gasteiger partial charge in [0.2, 0.25) is 10.0 Å². The molecule has 0 aliphatic rings. The molecule has 1 heterocycles. The molecule has 13 heteroatoms. The van der Waals surface area contributed by atoms with E-state index in [0.29, 0.717) is 0 Å². The lowest BCUT2D eigenvalue weighted by Gasteiger charge is -2.22. The summed E-state index contributed by atoms with van der Waals surface area (Å²) in [5.74, 6) is -0.843. The molecule has 3 aromatic rings. The first kappa shape index (κ1) is 23.1. The van der Waals surface area contributed by atoms with Gasteiger partial charge in [0.25, 0.3) is 0 Å². The Morgan fingerprint density at radius 2 is 1.94 bits per heavy atom. The first-order valence-electron chi connectivity index (χ1n) is 8.37. The summed E-state index contributed by atoms with van der Waals surface area (Å²) >= 11 is 11.6. The van der Waals surface area contributed by atoms with Gasteiger partial charge in [-0.1, -0.05) is 23.2 Å². The molecule has 1 aromatic heterocycles. The van der Waals surface area contributed by atoms with Gasteiger partial charge >= 0.3 is 6.18 Å². The highest BCUT2D eigenvalue weighted by atomic mass is 35.5. The lowest BCUT2D eigenvalue weighted by Crippen LogP contribution is -2.46. The SMILES string of the molecule is N#Cc1c(F)ccc2c(CC(NS(=O)(=O)c3c(N)cc(Cl)cc3Cl)C(F)(F)F)c[nH]c12. The molecule has 3 rings (SSSR count). The predicted octanol–water partition coefficient (Wildman–Crippen LogP) is 4.52. The molecule has 4 N–H and O–H groups in total. The number of anilines is 1. The third kappa shape index (κ3) is 4.57. The second-order valence-electron chi connectivity index (χ2n) is 6.50. The zero-order valence-electron chi connectivity index (χ0n) is 15.2. The van der Waals surface area contributed by atoms with Gasteiger partial charge in [0.1, 0.15) is 28.4 Å². The molecule has 31 heavy (non-hydrogen) atoms. The topological polar surface area (TPSA) is 112 Å². The molecule has 2 aromatic carbocycles. The molecule has 0 bridgehead atoms. The van der Waals surface area contributed by atoms with E-state index in [0.717, 1.165) is 24.4 Å². The van der Waals surface area contributed by atoms with Crippen LogP contribution < -0.4 is 10.5 Å². The number of nitrogen functional groups attached to an aromatic ring is 1. The number of nitriles is 1. The molecule has 0 fully saturated rings. The van der Waals surface area contributed by atoms with E-state index in [1.54, 1.807) is 10.8 Å². The highest BCUT2D eigenvalue weighted by Gasteiger charge is 2.43. The van der Waals surface area contributed by atoms with Crippen LogP contribution in [0.2, 0.25) is 10.0 Å². The Balaban J connectivity index is 2.02. The van der Waals surface area contributed by atoms with E-state index in [2.05, 4.69) is 4.98 Å². The molecule has 0 saturated heterocycles. The van der Waals surface area contributed by atoms with E-state index in [9.17, 15) is 26.0 Å². The maximum Gasteiger partial charge on any atom is 0.405 e. The van der Waals surface area contributed by atoms with Gasteiger partial charge in [-0.05, 0) is 36.2 Å². The summed E-state index contributed by atoms with van der Waals surface area (Å²) in [4.78, 5) is 1.83. The number of sulfonamides is 1. The number of nitrogens with two attached hydrogens (primary N) is 1. The molecular formula is C18H12Cl2F4N4O2S. The van der Waals surface area contributed by atoms with E-state index in [1.165, 1.54) is 6.07 Å². The first-order valence-corrected chi connectivity index (χ1v) is 10.6. The molecule has 164 valence electrons. The zero-order chi connectivity index (χ0) is 23.1. The van der Waals surface area contributed by atoms with E-state index in [1.807, 2.05) is 0 Å². The minimum absolute atomic E-state index is 0.00581. The third-order valence-corrected chi connectivity index (χ3v) is 6.64. The Bertz CT molecular complexity index is 1290. The fraction of sp³-hybridized carbons (Fsp3) is 0.167. The van der Waals surface area contributed by atoms with Gasteiger partial charge in [-0.2, -0.15) is 23.2 Å². The van der Waals surface area contributed by atoms with Crippen LogP contribution in [0.5, 0.6) is 0 Å². The average molecular weight is 495 g/mol. The van der Waals surface area contributed by atoms with Crippen LogP contribution in [-0.2, 0) is 16.4 Å². The Morgan fingerprint density at radius 3 is 2.52 bits per heavy atom. The molecule has 6 nitrogen and oxygen atoms in total. The zero-order valence-corrected chi connectivity index (χ0v) is 17.5. The number of H-pyrrole nitrogens is 1. The molecule has 1 atom stereocenters. The summed E-state index contributed by atoms with van der Waals surface area (Å²) in [5.41, 5.74) is 4.84. The molecule has 0 radical (unpaired) electrons. The molecule has 0 amide bonds. The van der Waals surface area contributed by atoms with Crippen LogP contribution in [0, 0.1) is 17.1 Å². The van der Waals surface area contributed by atoms with Crippen LogP contribution in [0.3, 0.4) is 0 Å². The van der Waals surface area contributed by atoms with Crippen molar-refractivity contribution in [3.63, 3.8) is 0 Å². The number of nitrogens with one attached hydrogen (secondary N) is 2. The van der Waals surface area contributed by atoms with Gasteiger partial charge in [0.15, 0.2) is 0 Å². The van der Waals surface area contributed by atoms with Crippen LogP contribution in [0.25, 0.3) is 10.9 Å². The smallest absolute Gasteiger partial charge is 0.398 e. The lowest BCUT2D eigenvalue weighted by atomic mass is 10.0. The Morgan fingerprint density at radius 1 is 1.26 bits per heavy atom. The van der Waals surface area contributed by atoms with Crippen molar-refractivity contribution in [3.8, 4) is 6.07 Å². The van der Waals surface area contributed by atoms with E-state index in [4.69, 9.17) is 34.2 Å². The summed E-state index contributed by atoms with van der Waals surface area (Å²) in [7, 11) is -4.80. The number of hydrogen-bond donors (Lipinski definition) is 3. The minimum atomic E-state index is -5.00. The quantitative estimate of drug-likeness (QED) is 0.357. The van der Waals surface area contributed by atoms with Gasteiger partial charge in [0, 0.05) is 16.6 Å². The Labute approximate surface area is 183 Å². The maximum absolute atomic E-state index is 13.7. The summed E-state index contributed by atoms with van der Waals surface area (Å²) in [6, 6.07) is 3.29. The first-order chi connectivity index (χ1) is 14.3. The van der Waals surface area contributed by atoms with Crippen LogP contribution in [0.1, 0.15) is 11.1 Å². The molecule has 0 saturated carbocycles. The number of benzene rings is 2. The second-order valence-corrected chi connectivity index (χ2v) is 8.99. The summed E-state index contributed by atoms with van der Waals surface area (Å²) in [6.45, 7) is 0. The molecule has 0 spiro atoms. The number of halogens is 6. The monoisotopic (exact) mass is 494 g/mol. The van der Waals surface area contributed by atoms with Gasteiger partial charge in [0.05, 0.1) is 16.2 Å². The standard InChI is InChI=1S/C18H12Cl2F4N4O2S/c19-9-4-12(20)17(14(26)5-9)31(29,30)28-15(18(22,23)24)3-8-7-27-16-10(8)1-2-13(21)11(16)6-25/h1-2,4-5,7,15,27-28H,3,26H2. The van der Waals surface area contributed by atoms with Gasteiger partial charge in [-0.3, -0.25) is 0 Å². The summed E-state index contributed by atoms with van der Waals surface area (Å²) < 4.78 is 81.7. The van der Waals surface area contributed by atoms with Crippen molar-refractivity contribution in [2.45, 2.75) is 23.5 Å². The van der Waals surface area contributed by atoms with Gasteiger partial charge < -0.3 is 10.7 Å². The maximum atomic E-state index is 13.7. The third-order valence-electron chi connectivity index (χ3n) is 4.43. The summed E-state index contributed by atoms with van der Waals surface area (Å²) in [6.07, 6.45) is -4.69. The Hall–Kier alpha value is -2.52. The predicted molar refractivity (Wildman–Crippen MR) is 108 cm³/mol. The van der Waals surface area contributed by atoms with Crippen molar-refractivity contribution in [2.24, 2.45) is 0 Å². The van der Waals surface area contributed by atoms with Crippen molar-refractivity contribution in [2.75, 3.05) is 5.73 Å². The van der Waals surface area contributed by atoms with Gasteiger partial charge in [-0.15, -0.1) is 0 Å². The largest absolute Gasteiger partial charge is 0.405 e. The minimum Gasteiger partial charge on any atom is -0.398 e. The normalized spacial score (nSPS) is 13.3. The number of hydrogen-bond acceptors (Lipinski definition) is 4. The number of aromatic nitrogens is 1. The highest BCUT2D eigenvalue weighted by molar-refractivity contribution is 7.89. The van der Waals surface area contributed by atoms with Crippen LogP contribution in [0.15, 0.2) is 35.4 Å². The van der Waals surface area contributed by atoms with Crippen molar-refractivity contribution in [1.82, 2.24) is 9.71 Å². The molecular weight excluding hydrogens is 483 g/mol. The number of aromatic amines is 1. The van der Waals surface area contributed by atoms with E-state index >= 15 is 0 Å². The van der Waals surface area contributed by atoms with Crippen molar-refractivity contribution < 1.29 is 26.0 Å². The number of nitrogens with zero attached hydrogens (tertiary/aromatic N) is 1. The molecule has 0 aliphatic carbocycles. The average Bonchev–Trinajstić information content (AvgIpc) is 3.01. The second kappa shape index (κ2) is 8.20. The van der Waals surface area contributed by atoms with Crippen molar-refractivity contribution >= 4 is 49.8 Å². The van der Waals surface area contributed by atoms with Crippen LogP contribution in [-0.4, -0.2) is 25.6 Å². The summed E-state index contributed by atoms with van der Waals surface area (Å²) in [5, 5.41) is 8.78. The van der Waals surface area contributed by atoms with Crippen LogP contribution >= 0.6 is 23.2 Å². The van der Waals surface area contributed by atoms with Crippen molar-refractivity contribution in [3.05, 3.63) is 57.5 Å². The number of alkyl halides is 3. The van der Waals surface area contributed by atoms with Gasteiger partial charge in [-0.25, -0.2) is 12.8 Å². The molecule has 0 aliphatic heterocycles. The van der Waals surface area contributed by atoms with E-state index < -0.39 is 50.1 Å². The lowest BCUT2D eigenvalue weighted by molar-refractivity contribution is -0.150. The number of rotatable bonds is 5. The van der Waals surface area contributed by atoms with Crippen LogP contribution in [0.4, 0.5) is 23.2 Å². The highest BCUT2D eigenvalue weighted by Crippen LogP contribution is 2.34. The fourth-order valence-corrected chi connectivity index (χ4v) is 5.27. The Kier molecular flexibility index (Phi) is 6.12. The fourth-order valence-electron chi connectivity index (χ4n) is 3.06.